The Hall–Kier alpha value is -3.47. The number of aromatic nitrogens is 3. The van der Waals surface area contributed by atoms with Crippen molar-refractivity contribution >= 4 is 28.1 Å². The molecule has 11 heteroatoms. The second kappa shape index (κ2) is 8.81. The van der Waals surface area contributed by atoms with E-state index < -0.39 is 27.4 Å². The quantitative estimate of drug-likeness (QED) is 0.501. The molecule has 2 aromatic heterocycles. The minimum atomic E-state index is -3.76. The summed E-state index contributed by atoms with van der Waals surface area (Å²) in [5, 5.41) is 3.04. The maximum Gasteiger partial charge on any atom is 0.238 e. The number of pyridine rings is 1. The molecule has 0 bridgehead atoms. The fraction of sp³-hybridized carbons (Fsp3) is 0.273. The Kier molecular flexibility index (Phi) is 6.07. The zero-order chi connectivity index (χ0) is 23.6. The monoisotopic (exact) mass is 473 g/mol. The summed E-state index contributed by atoms with van der Waals surface area (Å²) >= 11 is 0. The molecule has 33 heavy (non-hydrogen) atoms. The van der Waals surface area contributed by atoms with Crippen molar-refractivity contribution in [2.45, 2.75) is 24.4 Å². The molecule has 8 nitrogen and oxygen atoms in total. The van der Waals surface area contributed by atoms with Crippen molar-refractivity contribution in [3.05, 3.63) is 66.5 Å². The van der Waals surface area contributed by atoms with Crippen LogP contribution in [-0.2, 0) is 20.2 Å². The van der Waals surface area contributed by atoms with E-state index in [0.29, 0.717) is 15.4 Å². The molecule has 0 atom stereocenters. The summed E-state index contributed by atoms with van der Waals surface area (Å²) in [4.78, 5) is 23.9. The van der Waals surface area contributed by atoms with Crippen LogP contribution in [0.5, 0.6) is 0 Å². The number of benzene rings is 1. The number of halogens is 2. The van der Waals surface area contributed by atoms with Crippen LogP contribution in [0.15, 0.2) is 55.0 Å². The van der Waals surface area contributed by atoms with Crippen molar-refractivity contribution in [3.63, 3.8) is 0 Å². The van der Waals surface area contributed by atoms with Gasteiger partial charge in [-0.2, -0.15) is 0 Å². The summed E-state index contributed by atoms with van der Waals surface area (Å²) in [6, 6.07) is 9.19. The third kappa shape index (κ3) is 4.68. The molecule has 0 spiro atoms. The second-order valence-corrected chi connectivity index (χ2v) is 9.84. The van der Waals surface area contributed by atoms with E-state index >= 15 is 0 Å². The van der Waals surface area contributed by atoms with Crippen LogP contribution < -0.4 is 9.62 Å². The first-order valence-corrected chi connectivity index (χ1v) is 11.9. The molecule has 1 fully saturated rings. The third-order valence-electron chi connectivity index (χ3n) is 5.61. The van der Waals surface area contributed by atoms with Gasteiger partial charge in [0.15, 0.2) is 0 Å². The van der Waals surface area contributed by atoms with Gasteiger partial charge in [-0.15, -0.1) is 0 Å². The number of hydrogen-bond acceptors (Lipinski definition) is 7. The first kappa shape index (κ1) is 22.7. The normalized spacial score (nSPS) is 20.0. The number of carbonyl (C=O) groups is 1. The van der Waals surface area contributed by atoms with Crippen molar-refractivity contribution in [1.82, 2.24) is 15.0 Å². The molecule has 1 aromatic carbocycles. The number of sulfonamides is 1. The van der Waals surface area contributed by atoms with Crippen LogP contribution in [0, 0.1) is 5.82 Å². The van der Waals surface area contributed by atoms with Crippen LogP contribution in [0.4, 0.5) is 20.4 Å². The van der Waals surface area contributed by atoms with Crippen molar-refractivity contribution in [1.29, 1.82) is 0 Å². The number of nitrogens with one attached hydrogen (secondary N) is 1. The maximum absolute atomic E-state index is 14.3. The Bertz CT molecular complexity index is 1270. The predicted octanol–water partition coefficient (Wildman–Crippen LogP) is 3.08. The van der Waals surface area contributed by atoms with Crippen LogP contribution in [0.2, 0.25) is 0 Å². The van der Waals surface area contributed by atoms with Gasteiger partial charge in [0.25, 0.3) is 0 Å². The van der Waals surface area contributed by atoms with E-state index in [9.17, 15) is 22.0 Å². The number of rotatable bonds is 8. The van der Waals surface area contributed by atoms with Gasteiger partial charge in [0, 0.05) is 36.1 Å². The minimum Gasteiger partial charge on any atom is -0.353 e. The Morgan fingerprint density at radius 1 is 1.15 bits per heavy atom. The Balaban J connectivity index is 1.51. The summed E-state index contributed by atoms with van der Waals surface area (Å²) in [7, 11) is -3.76. The average Bonchev–Trinajstić information content (AvgIpc) is 2.76. The lowest BCUT2D eigenvalue weighted by Gasteiger charge is -2.43. The average molecular weight is 474 g/mol. The molecule has 0 unspecified atom stereocenters. The Morgan fingerprint density at radius 2 is 1.88 bits per heavy atom. The van der Waals surface area contributed by atoms with Gasteiger partial charge >= 0.3 is 0 Å². The lowest BCUT2D eigenvalue weighted by molar-refractivity contribution is -0.106. The lowest BCUT2D eigenvalue weighted by Crippen LogP contribution is -2.49. The van der Waals surface area contributed by atoms with Crippen LogP contribution in [-0.4, -0.2) is 48.8 Å². The van der Waals surface area contributed by atoms with Gasteiger partial charge in [-0.25, -0.2) is 31.5 Å². The topological polar surface area (TPSA) is 105 Å². The Labute approximate surface area is 189 Å². The molecule has 0 radical (unpaired) electrons. The highest BCUT2D eigenvalue weighted by molar-refractivity contribution is 7.92. The molecular weight excluding hydrogens is 452 g/mol. The molecule has 1 saturated carbocycles. The number of amides is 1. The lowest BCUT2D eigenvalue weighted by atomic mass is 9.65. The number of hydrogen-bond donors (Lipinski definition) is 1. The van der Waals surface area contributed by atoms with Gasteiger partial charge < -0.3 is 5.32 Å². The van der Waals surface area contributed by atoms with Gasteiger partial charge in [-0.3, -0.25) is 9.78 Å². The fourth-order valence-electron chi connectivity index (χ4n) is 3.96. The molecule has 1 amide bonds. The highest BCUT2D eigenvalue weighted by atomic mass is 32.2. The molecule has 1 aliphatic carbocycles. The number of alkyl halides is 1. The van der Waals surface area contributed by atoms with Gasteiger partial charge in [0.1, 0.15) is 12.0 Å². The molecule has 3 aromatic rings. The van der Waals surface area contributed by atoms with Crippen LogP contribution in [0.1, 0.15) is 18.5 Å². The fourth-order valence-corrected chi connectivity index (χ4v) is 4.61. The number of nitrogens with zero attached hydrogens (tertiary/aromatic N) is 4. The maximum atomic E-state index is 14.3. The zero-order valence-corrected chi connectivity index (χ0v) is 18.5. The van der Waals surface area contributed by atoms with Crippen LogP contribution in [0.3, 0.4) is 0 Å². The predicted molar refractivity (Wildman–Crippen MR) is 119 cm³/mol. The molecule has 4 rings (SSSR count). The third-order valence-corrected chi connectivity index (χ3v) is 6.62. The van der Waals surface area contributed by atoms with E-state index in [4.69, 9.17) is 0 Å². The minimum absolute atomic E-state index is 0.159. The molecule has 1 N–H and O–H groups in total. The highest BCUT2D eigenvalue weighted by Crippen LogP contribution is 2.45. The van der Waals surface area contributed by atoms with Crippen molar-refractivity contribution in [2.75, 3.05) is 22.4 Å². The van der Waals surface area contributed by atoms with Gasteiger partial charge in [-0.1, -0.05) is 12.1 Å². The van der Waals surface area contributed by atoms with E-state index in [0.717, 1.165) is 6.26 Å². The second-order valence-electron chi connectivity index (χ2n) is 7.98. The standard InChI is InChI=1S/C22H21F2N5O3S/c1-33(31,32)29(14-30)18-5-2-4-15(8-18)16-11-26-21(27-12-16)28-13-22(9-17(23)10-22)20-19(24)6-3-7-25-20/h2-8,11-12,14,17H,9-10,13H2,1H3,(H,26,27,28). The first-order valence-electron chi connectivity index (χ1n) is 10.1. The zero-order valence-electron chi connectivity index (χ0n) is 17.6. The van der Waals surface area contributed by atoms with E-state index in [1.54, 1.807) is 12.1 Å². The van der Waals surface area contributed by atoms with Crippen LogP contribution in [0.25, 0.3) is 11.1 Å². The van der Waals surface area contributed by atoms with Gasteiger partial charge in [0.05, 0.1) is 17.6 Å². The SMILES string of the molecule is CS(=O)(=O)N(C=O)c1cccc(-c2cnc(NCC3(c4ncccc4F)CC(F)C3)nc2)c1. The summed E-state index contributed by atoms with van der Waals surface area (Å²) < 4.78 is 52.2. The molecule has 0 aliphatic heterocycles. The molecule has 172 valence electrons. The molecule has 1 aliphatic rings. The van der Waals surface area contributed by atoms with Crippen molar-refractivity contribution in [3.8, 4) is 11.1 Å². The molecule has 0 saturated heterocycles. The van der Waals surface area contributed by atoms with E-state index in [2.05, 4.69) is 20.3 Å². The van der Waals surface area contributed by atoms with E-state index in [-0.39, 0.29) is 43.1 Å². The summed E-state index contributed by atoms with van der Waals surface area (Å²) in [6.45, 7) is 0.221. The molecular formula is C22H21F2N5O3S. The van der Waals surface area contributed by atoms with Crippen molar-refractivity contribution < 1.29 is 22.0 Å². The first-order chi connectivity index (χ1) is 15.7. The molecule has 2 heterocycles. The number of anilines is 2. The largest absolute Gasteiger partial charge is 0.353 e. The van der Waals surface area contributed by atoms with Crippen molar-refractivity contribution in [2.24, 2.45) is 0 Å². The van der Waals surface area contributed by atoms with Gasteiger partial charge in [0.2, 0.25) is 22.4 Å². The Morgan fingerprint density at radius 3 is 2.48 bits per heavy atom. The summed E-state index contributed by atoms with van der Waals surface area (Å²) in [5.41, 5.74) is 0.855. The van der Waals surface area contributed by atoms with Crippen LogP contribution >= 0.6 is 0 Å². The summed E-state index contributed by atoms with van der Waals surface area (Å²) in [5.74, 6) is -0.195. The smallest absolute Gasteiger partial charge is 0.238 e. The summed E-state index contributed by atoms with van der Waals surface area (Å²) in [6.07, 6.45) is 5.04. The van der Waals surface area contributed by atoms with E-state index in [1.165, 1.54) is 42.9 Å². The number of carbonyl (C=O) groups excluding carboxylic acids is 1. The highest BCUT2D eigenvalue weighted by Gasteiger charge is 2.48. The van der Waals surface area contributed by atoms with E-state index in [1.807, 2.05) is 0 Å². The van der Waals surface area contributed by atoms with Gasteiger partial charge in [-0.05, 0) is 42.7 Å².